The Balaban J connectivity index is 2.81. The van der Waals surface area contributed by atoms with Crippen molar-refractivity contribution in [3.63, 3.8) is 0 Å². The van der Waals surface area contributed by atoms with Crippen LogP contribution in [0.25, 0.3) is 0 Å². The van der Waals surface area contributed by atoms with Crippen molar-refractivity contribution in [2.45, 2.75) is 33.4 Å². The lowest BCUT2D eigenvalue weighted by atomic mass is 10.3. The van der Waals surface area contributed by atoms with Gasteiger partial charge in [0.05, 0.1) is 12.3 Å². The summed E-state index contributed by atoms with van der Waals surface area (Å²) >= 11 is 0. The second-order valence-electron chi connectivity index (χ2n) is 3.54. The molecular formula is C10H17N3O2. The van der Waals surface area contributed by atoms with Gasteiger partial charge in [-0.15, -0.1) is 0 Å². The van der Waals surface area contributed by atoms with Crippen molar-refractivity contribution in [2.75, 3.05) is 6.61 Å². The van der Waals surface area contributed by atoms with E-state index in [-0.39, 0.29) is 18.6 Å². The second kappa shape index (κ2) is 4.93. The van der Waals surface area contributed by atoms with Crippen LogP contribution < -0.4 is 5.32 Å². The third-order valence-corrected chi connectivity index (χ3v) is 2.09. The summed E-state index contributed by atoms with van der Waals surface area (Å²) in [6.07, 6.45) is 0. The van der Waals surface area contributed by atoms with Crippen molar-refractivity contribution in [2.24, 2.45) is 0 Å². The van der Waals surface area contributed by atoms with Crippen LogP contribution in [0.1, 0.15) is 30.0 Å². The predicted molar refractivity (Wildman–Crippen MR) is 56.7 cm³/mol. The summed E-state index contributed by atoms with van der Waals surface area (Å²) in [5, 5.41) is 15.7. The van der Waals surface area contributed by atoms with Gasteiger partial charge in [0.1, 0.15) is 5.69 Å². The topological polar surface area (TPSA) is 67.2 Å². The fraction of sp³-hybridized carbons (Fsp3) is 0.600. The Hall–Kier alpha value is -1.36. The van der Waals surface area contributed by atoms with Crippen molar-refractivity contribution >= 4 is 5.91 Å². The van der Waals surface area contributed by atoms with Crippen LogP contribution in [0.4, 0.5) is 0 Å². The fourth-order valence-electron chi connectivity index (χ4n) is 1.31. The van der Waals surface area contributed by atoms with E-state index < -0.39 is 0 Å². The van der Waals surface area contributed by atoms with Crippen molar-refractivity contribution in [1.29, 1.82) is 0 Å². The van der Waals surface area contributed by atoms with Crippen LogP contribution in [0.15, 0.2) is 6.07 Å². The number of amides is 1. The SMILES string of the molecule is CCn1nc(C)cc1C(=O)NC(C)CO. The summed E-state index contributed by atoms with van der Waals surface area (Å²) in [5.74, 6) is -0.195. The summed E-state index contributed by atoms with van der Waals surface area (Å²) in [6, 6.07) is 1.50. The molecule has 0 saturated carbocycles. The number of rotatable bonds is 4. The molecule has 0 fully saturated rings. The van der Waals surface area contributed by atoms with Crippen LogP contribution in [0.2, 0.25) is 0 Å². The van der Waals surface area contributed by atoms with Crippen LogP contribution >= 0.6 is 0 Å². The van der Waals surface area contributed by atoms with Gasteiger partial charge in [-0.25, -0.2) is 0 Å². The van der Waals surface area contributed by atoms with Gasteiger partial charge in [0.2, 0.25) is 0 Å². The quantitative estimate of drug-likeness (QED) is 0.753. The first-order valence-electron chi connectivity index (χ1n) is 5.04. The molecule has 1 rings (SSSR count). The summed E-state index contributed by atoms with van der Waals surface area (Å²) < 4.78 is 1.65. The normalized spacial score (nSPS) is 12.5. The van der Waals surface area contributed by atoms with E-state index in [9.17, 15) is 4.79 Å². The third-order valence-electron chi connectivity index (χ3n) is 2.09. The minimum Gasteiger partial charge on any atom is -0.394 e. The number of aromatic nitrogens is 2. The van der Waals surface area contributed by atoms with E-state index in [2.05, 4.69) is 10.4 Å². The molecule has 1 heterocycles. The van der Waals surface area contributed by atoms with Gasteiger partial charge in [-0.3, -0.25) is 9.48 Å². The highest BCUT2D eigenvalue weighted by atomic mass is 16.3. The summed E-state index contributed by atoms with van der Waals surface area (Å²) in [7, 11) is 0. The molecule has 1 unspecified atom stereocenters. The smallest absolute Gasteiger partial charge is 0.269 e. The molecule has 1 aromatic rings. The lowest BCUT2D eigenvalue weighted by Crippen LogP contribution is -2.36. The molecule has 0 aliphatic heterocycles. The van der Waals surface area contributed by atoms with E-state index in [1.54, 1.807) is 17.7 Å². The Bertz CT molecular complexity index is 346. The second-order valence-corrected chi connectivity index (χ2v) is 3.54. The molecule has 0 spiro atoms. The highest BCUT2D eigenvalue weighted by Crippen LogP contribution is 2.03. The standard InChI is InChI=1S/C10H17N3O2/c1-4-13-9(5-7(2)12-13)10(15)11-8(3)6-14/h5,8,14H,4,6H2,1-3H3,(H,11,15). The van der Waals surface area contributed by atoms with E-state index in [4.69, 9.17) is 5.11 Å². The lowest BCUT2D eigenvalue weighted by molar-refractivity contribution is 0.0911. The Kier molecular flexibility index (Phi) is 3.85. The number of aliphatic hydroxyl groups excluding tert-OH is 1. The number of aliphatic hydroxyl groups is 1. The van der Waals surface area contributed by atoms with Gasteiger partial charge >= 0.3 is 0 Å². The molecule has 0 radical (unpaired) electrons. The first-order valence-corrected chi connectivity index (χ1v) is 5.04. The van der Waals surface area contributed by atoms with E-state index in [1.807, 2.05) is 13.8 Å². The summed E-state index contributed by atoms with van der Waals surface area (Å²) in [5.41, 5.74) is 1.36. The molecule has 15 heavy (non-hydrogen) atoms. The van der Waals surface area contributed by atoms with Crippen LogP contribution in [-0.2, 0) is 6.54 Å². The Morgan fingerprint density at radius 3 is 2.93 bits per heavy atom. The number of nitrogens with one attached hydrogen (secondary N) is 1. The number of hydrogen-bond donors (Lipinski definition) is 2. The summed E-state index contributed by atoms with van der Waals surface area (Å²) in [4.78, 5) is 11.7. The maximum Gasteiger partial charge on any atom is 0.269 e. The predicted octanol–water partition coefficient (Wildman–Crippen LogP) is 0.322. The highest BCUT2D eigenvalue weighted by molar-refractivity contribution is 5.92. The van der Waals surface area contributed by atoms with Gasteiger partial charge in [0.15, 0.2) is 0 Å². The van der Waals surface area contributed by atoms with Crippen molar-refractivity contribution in [1.82, 2.24) is 15.1 Å². The number of aryl methyl sites for hydroxylation is 2. The van der Waals surface area contributed by atoms with Crippen molar-refractivity contribution in [3.8, 4) is 0 Å². The Morgan fingerprint density at radius 2 is 2.40 bits per heavy atom. The van der Waals surface area contributed by atoms with Crippen molar-refractivity contribution < 1.29 is 9.90 Å². The zero-order chi connectivity index (χ0) is 11.4. The molecule has 2 N–H and O–H groups in total. The molecule has 1 aromatic heterocycles. The van der Waals surface area contributed by atoms with Crippen LogP contribution in [0.5, 0.6) is 0 Å². The number of hydrogen-bond acceptors (Lipinski definition) is 3. The Labute approximate surface area is 89.1 Å². The van der Waals surface area contributed by atoms with Crippen molar-refractivity contribution in [3.05, 3.63) is 17.5 Å². The number of carbonyl (C=O) groups excluding carboxylic acids is 1. The van der Waals surface area contributed by atoms with Gasteiger partial charge in [0, 0.05) is 12.6 Å². The zero-order valence-electron chi connectivity index (χ0n) is 9.32. The number of nitrogens with zero attached hydrogens (tertiary/aromatic N) is 2. The molecule has 0 saturated heterocycles. The molecule has 0 aromatic carbocycles. The van der Waals surface area contributed by atoms with Gasteiger partial charge in [-0.05, 0) is 26.8 Å². The largest absolute Gasteiger partial charge is 0.394 e. The van der Waals surface area contributed by atoms with Gasteiger partial charge in [0.25, 0.3) is 5.91 Å². The zero-order valence-corrected chi connectivity index (χ0v) is 9.32. The average molecular weight is 211 g/mol. The summed E-state index contributed by atoms with van der Waals surface area (Å²) in [6.45, 7) is 6.11. The van der Waals surface area contributed by atoms with Crippen LogP contribution in [-0.4, -0.2) is 33.4 Å². The maximum absolute atomic E-state index is 11.7. The van der Waals surface area contributed by atoms with Gasteiger partial charge < -0.3 is 10.4 Å². The van der Waals surface area contributed by atoms with E-state index in [0.29, 0.717) is 12.2 Å². The highest BCUT2D eigenvalue weighted by Gasteiger charge is 2.14. The molecule has 5 heteroatoms. The first kappa shape index (κ1) is 11.7. The molecule has 1 atom stereocenters. The van der Waals surface area contributed by atoms with E-state index in [0.717, 1.165) is 5.69 Å². The maximum atomic E-state index is 11.7. The molecule has 5 nitrogen and oxygen atoms in total. The van der Waals surface area contributed by atoms with Crippen LogP contribution in [0.3, 0.4) is 0 Å². The molecule has 84 valence electrons. The molecule has 0 bridgehead atoms. The fourth-order valence-corrected chi connectivity index (χ4v) is 1.31. The first-order chi connectivity index (χ1) is 7.08. The third kappa shape index (κ3) is 2.79. The molecule has 1 amide bonds. The molecule has 0 aliphatic rings. The lowest BCUT2D eigenvalue weighted by Gasteiger charge is -2.11. The Morgan fingerprint density at radius 1 is 1.73 bits per heavy atom. The minimum atomic E-state index is -0.238. The van der Waals surface area contributed by atoms with Gasteiger partial charge in [-0.1, -0.05) is 0 Å². The van der Waals surface area contributed by atoms with E-state index >= 15 is 0 Å². The van der Waals surface area contributed by atoms with Crippen LogP contribution in [0, 0.1) is 6.92 Å². The number of carbonyl (C=O) groups is 1. The molecule has 0 aliphatic carbocycles. The monoisotopic (exact) mass is 211 g/mol. The van der Waals surface area contributed by atoms with E-state index in [1.165, 1.54) is 0 Å². The minimum absolute atomic E-state index is 0.0645. The van der Waals surface area contributed by atoms with Gasteiger partial charge in [-0.2, -0.15) is 5.10 Å². The average Bonchev–Trinajstić information content (AvgIpc) is 2.59. The molecular weight excluding hydrogens is 194 g/mol.